The van der Waals surface area contributed by atoms with Crippen molar-refractivity contribution >= 4 is 18.3 Å². The number of amides is 1. The van der Waals surface area contributed by atoms with E-state index < -0.39 is 0 Å². The van der Waals surface area contributed by atoms with Gasteiger partial charge < -0.3 is 10.2 Å². The van der Waals surface area contributed by atoms with Crippen LogP contribution in [0.25, 0.3) is 0 Å². The van der Waals surface area contributed by atoms with Crippen molar-refractivity contribution in [3.8, 4) is 0 Å². The van der Waals surface area contributed by atoms with Crippen LogP contribution in [0.1, 0.15) is 31.4 Å². The number of hydrogen-bond acceptors (Lipinski definition) is 2. The summed E-state index contributed by atoms with van der Waals surface area (Å²) < 4.78 is 0. The van der Waals surface area contributed by atoms with Crippen LogP contribution in [-0.4, -0.2) is 36.0 Å². The standard InChI is InChI=1S/C16H24N2O.ClH/c1-12-6-4-5-7-15(12)8-9-16(19)18-11-13(2)17-10-14(18)3;/h4-7,13-14,17H,8-11H2,1-3H3;1H. The molecule has 1 aliphatic rings. The predicted molar refractivity (Wildman–Crippen MR) is 85.4 cm³/mol. The van der Waals surface area contributed by atoms with E-state index in [1.807, 2.05) is 17.0 Å². The summed E-state index contributed by atoms with van der Waals surface area (Å²) in [5.74, 6) is 0.282. The van der Waals surface area contributed by atoms with Gasteiger partial charge in [0.05, 0.1) is 0 Å². The van der Waals surface area contributed by atoms with Gasteiger partial charge in [-0.1, -0.05) is 24.3 Å². The van der Waals surface area contributed by atoms with E-state index in [0.29, 0.717) is 18.5 Å². The number of benzene rings is 1. The van der Waals surface area contributed by atoms with Crippen LogP contribution in [0.5, 0.6) is 0 Å². The number of nitrogens with zero attached hydrogens (tertiary/aromatic N) is 1. The fourth-order valence-electron chi connectivity index (χ4n) is 2.64. The van der Waals surface area contributed by atoms with Gasteiger partial charge in [-0.3, -0.25) is 4.79 Å². The van der Waals surface area contributed by atoms with Crippen LogP contribution in [0.3, 0.4) is 0 Å². The maximum Gasteiger partial charge on any atom is 0.223 e. The van der Waals surface area contributed by atoms with E-state index in [4.69, 9.17) is 0 Å². The highest BCUT2D eigenvalue weighted by molar-refractivity contribution is 5.85. The summed E-state index contributed by atoms with van der Waals surface area (Å²) in [6, 6.07) is 9.02. The zero-order valence-corrected chi connectivity index (χ0v) is 13.4. The third-order valence-electron chi connectivity index (χ3n) is 3.95. The molecule has 1 fully saturated rings. The minimum absolute atomic E-state index is 0. The lowest BCUT2D eigenvalue weighted by molar-refractivity contribution is -0.134. The molecule has 0 spiro atoms. The van der Waals surface area contributed by atoms with E-state index in [1.54, 1.807) is 0 Å². The van der Waals surface area contributed by atoms with Gasteiger partial charge in [0.15, 0.2) is 0 Å². The molecule has 2 unspecified atom stereocenters. The molecule has 0 saturated carbocycles. The van der Waals surface area contributed by atoms with Crippen LogP contribution < -0.4 is 5.32 Å². The fourth-order valence-corrected chi connectivity index (χ4v) is 2.64. The molecule has 1 N–H and O–H groups in total. The fraction of sp³-hybridized carbons (Fsp3) is 0.562. The van der Waals surface area contributed by atoms with Crippen molar-refractivity contribution in [1.82, 2.24) is 10.2 Å². The Morgan fingerprint density at radius 3 is 2.75 bits per heavy atom. The van der Waals surface area contributed by atoms with Crippen molar-refractivity contribution < 1.29 is 4.79 Å². The highest BCUT2D eigenvalue weighted by Crippen LogP contribution is 2.13. The molecule has 112 valence electrons. The zero-order chi connectivity index (χ0) is 13.8. The molecule has 1 aromatic rings. The Labute approximate surface area is 128 Å². The number of carbonyl (C=O) groups excluding carboxylic acids is 1. The third-order valence-corrected chi connectivity index (χ3v) is 3.95. The number of hydrogen-bond donors (Lipinski definition) is 1. The van der Waals surface area contributed by atoms with Gasteiger partial charge >= 0.3 is 0 Å². The predicted octanol–water partition coefficient (Wildman–Crippen LogP) is 2.56. The number of rotatable bonds is 3. The van der Waals surface area contributed by atoms with Gasteiger partial charge in [-0.15, -0.1) is 12.4 Å². The molecule has 20 heavy (non-hydrogen) atoms. The van der Waals surface area contributed by atoms with E-state index in [1.165, 1.54) is 11.1 Å². The second-order valence-corrected chi connectivity index (χ2v) is 5.63. The summed E-state index contributed by atoms with van der Waals surface area (Å²) in [6.07, 6.45) is 1.46. The molecule has 1 amide bonds. The van der Waals surface area contributed by atoms with Gasteiger partial charge in [0.2, 0.25) is 5.91 Å². The summed E-state index contributed by atoms with van der Waals surface area (Å²) in [6.45, 7) is 8.08. The third kappa shape index (κ3) is 4.22. The molecule has 2 rings (SSSR count). The van der Waals surface area contributed by atoms with Gasteiger partial charge in [0.1, 0.15) is 0 Å². The molecular weight excluding hydrogens is 272 g/mol. The van der Waals surface area contributed by atoms with Crippen molar-refractivity contribution in [2.75, 3.05) is 13.1 Å². The first-order chi connectivity index (χ1) is 9.08. The Morgan fingerprint density at radius 1 is 1.35 bits per heavy atom. The maximum absolute atomic E-state index is 12.3. The lowest BCUT2D eigenvalue weighted by Gasteiger charge is -2.37. The maximum atomic E-state index is 12.3. The molecular formula is C16H25ClN2O. The Hall–Kier alpha value is -1.06. The number of aryl methyl sites for hydroxylation is 2. The Bertz CT molecular complexity index is 450. The second-order valence-electron chi connectivity index (χ2n) is 5.63. The van der Waals surface area contributed by atoms with Crippen molar-refractivity contribution in [2.24, 2.45) is 0 Å². The van der Waals surface area contributed by atoms with Crippen LogP contribution in [0.4, 0.5) is 0 Å². The van der Waals surface area contributed by atoms with Crippen molar-refractivity contribution in [3.05, 3.63) is 35.4 Å². The molecule has 1 saturated heterocycles. The first-order valence-electron chi connectivity index (χ1n) is 7.15. The Morgan fingerprint density at radius 2 is 2.05 bits per heavy atom. The lowest BCUT2D eigenvalue weighted by atomic mass is 10.0. The van der Waals surface area contributed by atoms with Crippen molar-refractivity contribution in [2.45, 2.75) is 45.7 Å². The number of nitrogens with one attached hydrogen (secondary N) is 1. The molecule has 0 bridgehead atoms. The molecule has 2 atom stereocenters. The van der Waals surface area contributed by atoms with Crippen molar-refractivity contribution in [1.29, 1.82) is 0 Å². The first-order valence-corrected chi connectivity index (χ1v) is 7.15. The van der Waals surface area contributed by atoms with Crippen LogP contribution in [0, 0.1) is 6.92 Å². The Kier molecular flexibility index (Phi) is 6.50. The molecule has 3 nitrogen and oxygen atoms in total. The topological polar surface area (TPSA) is 32.3 Å². The van der Waals surface area contributed by atoms with E-state index in [2.05, 4.69) is 38.2 Å². The van der Waals surface area contributed by atoms with Crippen molar-refractivity contribution in [3.63, 3.8) is 0 Å². The van der Waals surface area contributed by atoms with E-state index >= 15 is 0 Å². The monoisotopic (exact) mass is 296 g/mol. The van der Waals surface area contributed by atoms with Gasteiger partial charge in [-0.05, 0) is 38.3 Å². The highest BCUT2D eigenvalue weighted by atomic mass is 35.5. The molecule has 1 aliphatic heterocycles. The van der Waals surface area contributed by atoms with Crippen LogP contribution in [0.2, 0.25) is 0 Å². The quantitative estimate of drug-likeness (QED) is 0.930. The first kappa shape index (κ1) is 17.0. The largest absolute Gasteiger partial charge is 0.337 e. The number of piperazine rings is 1. The minimum Gasteiger partial charge on any atom is -0.337 e. The van der Waals surface area contributed by atoms with Gasteiger partial charge in [0, 0.05) is 31.6 Å². The number of carbonyl (C=O) groups is 1. The molecule has 4 heteroatoms. The van der Waals surface area contributed by atoms with Crippen LogP contribution in [0.15, 0.2) is 24.3 Å². The minimum atomic E-state index is 0. The average Bonchev–Trinajstić information content (AvgIpc) is 2.40. The zero-order valence-electron chi connectivity index (χ0n) is 12.6. The van der Waals surface area contributed by atoms with E-state index in [0.717, 1.165) is 19.5 Å². The molecule has 1 heterocycles. The van der Waals surface area contributed by atoms with E-state index in [-0.39, 0.29) is 18.3 Å². The number of halogens is 1. The van der Waals surface area contributed by atoms with Gasteiger partial charge in [-0.2, -0.15) is 0 Å². The van der Waals surface area contributed by atoms with Gasteiger partial charge in [0.25, 0.3) is 0 Å². The summed E-state index contributed by atoms with van der Waals surface area (Å²) in [7, 11) is 0. The van der Waals surface area contributed by atoms with Crippen LogP contribution in [-0.2, 0) is 11.2 Å². The molecule has 0 aliphatic carbocycles. The van der Waals surface area contributed by atoms with Gasteiger partial charge in [-0.25, -0.2) is 0 Å². The molecule has 0 aromatic heterocycles. The normalized spacial score (nSPS) is 22.2. The smallest absolute Gasteiger partial charge is 0.223 e. The Balaban J connectivity index is 0.00000200. The van der Waals surface area contributed by atoms with E-state index in [9.17, 15) is 4.79 Å². The average molecular weight is 297 g/mol. The second kappa shape index (κ2) is 7.65. The lowest BCUT2D eigenvalue weighted by Crippen LogP contribution is -2.56. The summed E-state index contributed by atoms with van der Waals surface area (Å²) in [5.41, 5.74) is 2.56. The van der Waals surface area contributed by atoms with Crippen LogP contribution >= 0.6 is 12.4 Å². The summed E-state index contributed by atoms with van der Waals surface area (Å²) >= 11 is 0. The molecule has 0 radical (unpaired) electrons. The SMILES string of the molecule is Cc1ccccc1CCC(=O)N1CC(C)NCC1C.Cl. The molecule has 1 aromatic carbocycles. The summed E-state index contributed by atoms with van der Waals surface area (Å²) in [5, 5.41) is 3.41. The highest BCUT2D eigenvalue weighted by Gasteiger charge is 2.25. The summed E-state index contributed by atoms with van der Waals surface area (Å²) in [4.78, 5) is 14.4.